The van der Waals surface area contributed by atoms with Crippen LogP contribution in [0.25, 0.3) is 0 Å². The topological polar surface area (TPSA) is 152 Å². The van der Waals surface area contributed by atoms with Gasteiger partial charge in [-0.1, -0.05) is 24.1 Å². The lowest BCUT2D eigenvalue weighted by atomic mass is 10.1. The van der Waals surface area contributed by atoms with E-state index in [1.54, 1.807) is 18.2 Å². The zero-order valence-corrected chi connectivity index (χ0v) is 16.3. The van der Waals surface area contributed by atoms with Crippen molar-refractivity contribution >= 4 is 35.0 Å². The summed E-state index contributed by atoms with van der Waals surface area (Å²) < 4.78 is 0. The van der Waals surface area contributed by atoms with Crippen LogP contribution < -0.4 is 16.8 Å². The van der Waals surface area contributed by atoms with Crippen molar-refractivity contribution in [2.24, 2.45) is 11.5 Å². The van der Waals surface area contributed by atoms with Crippen LogP contribution in [-0.2, 0) is 4.79 Å². The van der Waals surface area contributed by atoms with Crippen LogP contribution in [0.5, 0.6) is 0 Å². The predicted octanol–water partition coefficient (Wildman–Crippen LogP) is 3.01. The molecule has 1 heterocycles. The van der Waals surface area contributed by atoms with Crippen molar-refractivity contribution in [3.05, 3.63) is 52.7 Å². The van der Waals surface area contributed by atoms with Gasteiger partial charge in [0.25, 0.3) is 0 Å². The molecule has 0 radical (unpaired) electrons. The van der Waals surface area contributed by atoms with Crippen molar-refractivity contribution in [3.63, 3.8) is 0 Å². The van der Waals surface area contributed by atoms with E-state index in [1.165, 1.54) is 12.3 Å². The van der Waals surface area contributed by atoms with Gasteiger partial charge in [-0.15, -0.1) is 0 Å². The van der Waals surface area contributed by atoms with E-state index in [0.717, 1.165) is 24.1 Å². The summed E-state index contributed by atoms with van der Waals surface area (Å²) in [7, 11) is 0. The van der Waals surface area contributed by atoms with Crippen molar-refractivity contribution in [1.82, 2.24) is 4.98 Å². The molecule has 1 atom stereocenters. The molecule has 0 bridgehead atoms. The number of aromatic carboxylic acids is 1. The number of rotatable bonds is 8. The molecular formula is C19H25ClN4O4. The molecule has 8 nitrogen and oxygen atoms in total. The fourth-order valence-corrected chi connectivity index (χ4v) is 2.35. The largest absolute Gasteiger partial charge is 0.480 e. The van der Waals surface area contributed by atoms with Gasteiger partial charge >= 0.3 is 11.9 Å². The fraction of sp³-hybridized carbons (Fsp3) is 0.316. The zero-order chi connectivity index (χ0) is 21.1. The molecule has 28 heavy (non-hydrogen) atoms. The summed E-state index contributed by atoms with van der Waals surface area (Å²) in [5.74, 6) is -1.65. The Kier molecular flexibility index (Phi) is 9.94. The first kappa shape index (κ1) is 23.4. The number of halogens is 1. The van der Waals surface area contributed by atoms with Crippen LogP contribution in [0.4, 0.5) is 11.5 Å². The van der Waals surface area contributed by atoms with Crippen molar-refractivity contribution in [1.29, 1.82) is 0 Å². The number of nitrogens with one attached hydrogen (secondary N) is 1. The first-order chi connectivity index (χ1) is 13.3. The summed E-state index contributed by atoms with van der Waals surface area (Å²) in [5.41, 5.74) is 12.1. The fourth-order valence-electron chi connectivity index (χ4n) is 2.18. The minimum absolute atomic E-state index is 0.122. The van der Waals surface area contributed by atoms with Gasteiger partial charge < -0.3 is 27.0 Å². The molecule has 0 saturated heterocycles. The first-order valence-electron chi connectivity index (χ1n) is 8.66. The third-order valence-electron chi connectivity index (χ3n) is 3.85. The van der Waals surface area contributed by atoms with Crippen LogP contribution in [0, 0.1) is 6.92 Å². The number of unbranched alkanes of at least 4 members (excludes halogenated alkanes) is 1. The van der Waals surface area contributed by atoms with Crippen molar-refractivity contribution in [2.75, 3.05) is 11.9 Å². The predicted molar refractivity (Wildman–Crippen MR) is 109 cm³/mol. The molecule has 0 fully saturated rings. The second-order valence-corrected chi connectivity index (χ2v) is 6.38. The van der Waals surface area contributed by atoms with E-state index >= 15 is 0 Å². The lowest BCUT2D eigenvalue weighted by molar-refractivity contribution is -0.138. The minimum Gasteiger partial charge on any atom is -0.480 e. The van der Waals surface area contributed by atoms with E-state index in [9.17, 15) is 9.59 Å². The maximum Gasteiger partial charge on any atom is 0.339 e. The van der Waals surface area contributed by atoms with Gasteiger partial charge in [-0.3, -0.25) is 4.79 Å². The second kappa shape index (κ2) is 11.9. The molecule has 1 aromatic carbocycles. The van der Waals surface area contributed by atoms with Gasteiger partial charge in [-0.05, 0) is 56.1 Å². The molecule has 0 amide bonds. The van der Waals surface area contributed by atoms with Crippen LogP contribution >= 0.6 is 11.6 Å². The van der Waals surface area contributed by atoms with Gasteiger partial charge in [0.05, 0.1) is 0 Å². The maximum atomic E-state index is 11.1. The van der Waals surface area contributed by atoms with E-state index in [2.05, 4.69) is 10.3 Å². The SMILES string of the molecule is Cc1c(Cl)cccc1Nc1ncccc1C(=O)O.NCCCCC(N)C(=O)O. The van der Waals surface area contributed by atoms with E-state index in [4.69, 9.17) is 33.3 Å². The molecule has 152 valence electrons. The van der Waals surface area contributed by atoms with Crippen LogP contribution in [0.2, 0.25) is 5.02 Å². The summed E-state index contributed by atoms with van der Waals surface area (Å²) in [4.78, 5) is 25.2. The summed E-state index contributed by atoms with van der Waals surface area (Å²) >= 11 is 6.01. The van der Waals surface area contributed by atoms with E-state index in [-0.39, 0.29) is 5.56 Å². The first-order valence-corrected chi connectivity index (χ1v) is 9.04. The van der Waals surface area contributed by atoms with Gasteiger partial charge in [-0.25, -0.2) is 9.78 Å². The van der Waals surface area contributed by atoms with Gasteiger partial charge in [0.1, 0.15) is 17.4 Å². The van der Waals surface area contributed by atoms with Crippen LogP contribution in [0.3, 0.4) is 0 Å². The number of carboxylic acid groups (broad SMARTS) is 2. The lowest BCUT2D eigenvalue weighted by Crippen LogP contribution is -2.29. The van der Waals surface area contributed by atoms with Gasteiger partial charge in [0.15, 0.2) is 0 Å². The lowest BCUT2D eigenvalue weighted by Gasteiger charge is -2.11. The monoisotopic (exact) mass is 408 g/mol. The molecule has 2 aromatic rings. The number of carbonyl (C=O) groups is 2. The number of aromatic nitrogens is 1. The Morgan fingerprint density at radius 1 is 1.21 bits per heavy atom. The summed E-state index contributed by atoms with van der Waals surface area (Å²) in [6.07, 6.45) is 3.70. The molecule has 1 aromatic heterocycles. The number of hydrogen-bond acceptors (Lipinski definition) is 6. The average Bonchev–Trinajstić information content (AvgIpc) is 2.66. The van der Waals surface area contributed by atoms with E-state index in [1.807, 2.05) is 13.0 Å². The highest BCUT2D eigenvalue weighted by Gasteiger charge is 2.12. The van der Waals surface area contributed by atoms with Crippen molar-refractivity contribution < 1.29 is 19.8 Å². The number of carboxylic acids is 2. The molecular weight excluding hydrogens is 384 g/mol. The Hall–Kier alpha value is -2.68. The summed E-state index contributed by atoms with van der Waals surface area (Å²) in [6.45, 7) is 2.46. The number of anilines is 2. The van der Waals surface area contributed by atoms with Crippen LogP contribution in [0.15, 0.2) is 36.5 Å². The standard InChI is InChI=1S/C13H11ClN2O2.C6H14N2O2/c1-8-10(14)5-2-6-11(8)16-12-9(13(17)18)4-3-7-15-12;7-4-2-1-3-5(8)6(9)10/h2-7H,1H3,(H,15,16)(H,17,18);5H,1-4,7-8H2,(H,9,10). The normalized spacial score (nSPS) is 11.1. The molecule has 0 spiro atoms. The molecule has 0 saturated carbocycles. The minimum atomic E-state index is -1.02. The molecule has 7 N–H and O–H groups in total. The average molecular weight is 409 g/mol. The smallest absolute Gasteiger partial charge is 0.339 e. The number of aliphatic carboxylic acids is 1. The van der Waals surface area contributed by atoms with Crippen molar-refractivity contribution in [2.45, 2.75) is 32.2 Å². The Morgan fingerprint density at radius 2 is 1.93 bits per heavy atom. The highest BCUT2D eigenvalue weighted by atomic mass is 35.5. The number of pyridine rings is 1. The summed E-state index contributed by atoms with van der Waals surface area (Å²) in [5, 5.41) is 21.0. The third-order valence-corrected chi connectivity index (χ3v) is 4.25. The number of nitrogens with two attached hydrogens (primary N) is 2. The third kappa shape index (κ3) is 7.51. The highest BCUT2D eigenvalue weighted by Crippen LogP contribution is 2.26. The number of nitrogens with zero attached hydrogens (tertiary/aromatic N) is 1. The van der Waals surface area contributed by atoms with Gasteiger partial charge in [0.2, 0.25) is 0 Å². The van der Waals surface area contributed by atoms with Gasteiger partial charge in [0, 0.05) is 16.9 Å². The molecule has 0 aliphatic rings. The number of benzene rings is 1. The quantitative estimate of drug-likeness (QED) is 0.418. The Bertz CT molecular complexity index is 801. The molecule has 1 unspecified atom stereocenters. The highest BCUT2D eigenvalue weighted by molar-refractivity contribution is 6.31. The Labute approximate surface area is 168 Å². The molecule has 0 aliphatic heterocycles. The number of hydrogen-bond donors (Lipinski definition) is 5. The maximum absolute atomic E-state index is 11.1. The summed E-state index contributed by atoms with van der Waals surface area (Å²) in [6, 6.07) is 7.75. The second-order valence-electron chi connectivity index (χ2n) is 5.97. The molecule has 0 aliphatic carbocycles. The molecule has 9 heteroatoms. The van der Waals surface area contributed by atoms with E-state index < -0.39 is 18.0 Å². The van der Waals surface area contributed by atoms with E-state index in [0.29, 0.717) is 23.8 Å². The zero-order valence-electron chi connectivity index (χ0n) is 15.6. The van der Waals surface area contributed by atoms with Crippen LogP contribution in [-0.4, -0.2) is 39.7 Å². The van der Waals surface area contributed by atoms with Crippen molar-refractivity contribution in [3.8, 4) is 0 Å². The Balaban J connectivity index is 0.000000336. The molecule has 2 rings (SSSR count). The van der Waals surface area contributed by atoms with Gasteiger partial charge in [-0.2, -0.15) is 0 Å². The Morgan fingerprint density at radius 3 is 2.54 bits per heavy atom. The van der Waals surface area contributed by atoms with Crippen LogP contribution in [0.1, 0.15) is 35.2 Å².